The van der Waals surface area contributed by atoms with Crippen molar-refractivity contribution >= 4 is 42.7 Å². The molecule has 2 aliphatic heterocycles. The molecule has 0 aliphatic carbocycles. The number of rotatable bonds is 11. The van der Waals surface area contributed by atoms with Crippen LogP contribution in [-0.4, -0.2) is 93.7 Å². The van der Waals surface area contributed by atoms with Gasteiger partial charge in [0.05, 0.1) is 22.1 Å². The molecule has 2 aromatic carbocycles. The summed E-state index contributed by atoms with van der Waals surface area (Å²) >= 11 is 6.08. The molecule has 0 amide bonds. The van der Waals surface area contributed by atoms with Gasteiger partial charge in [0, 0.05) is 38.3 Å². The second-order valence-corrected chi connectivity index (χ2v) is 14.2. The van der Waals surface area contributed by atoms with E-state index in [1.54, 1.807) is 19.1 Å². The molecule has 16 heteroatoms. The summed E-state index contributed by atoms with van der Waals surface area (Å²) in [5.74, 6) is 0.340. The summed E-state index contributed by atoms with van der Waals surface area (Å²) in [5.41, 5.74) is -0.144. The lowest BCUT2D eigenvalue weighted by atomic mass is 9.88. The van der Waals surface area contributed by atoms with Gasteiger partial charge in [0.15, 0.2) is 11.0 Å². The molecule has 2 atom stereocenters. The van der Waals surface area contributed by atoms with Gasteiger partial charge in [-0.1, -0.05) is 24.6 Å². The molecule has 1 spiro atoms. The van der Waals surface area contributed by atoms with Crippen molar-refractivity contribution in [1.29, 1.82) is 0 Å². The summed E-state index contributed by atoms with van der Waals surface area (Å²) in [5, 5.41) is 21.4. The highest BCUT2D eigenvalue weighted by molar-refractivity contribution is 7.89. The Morgan fingerprint density at radius 2 is 1.93 bits per heavy atom. The van der Waals surface area contributed by atoms with Crippen molar-refractivity contribution in [3.8, 4) is 5.75 Å². The molecule has 41 heavy (non-hydrogen) atoms. The number of hydrogen-bond acceptors (Lipinski definition) is 11. The molecule has 1 aromatic heterocycles. The van der Waals surface area contributed by atoms with Gasteiger partial charge >= 0.3 is 0 Å². The monoisotopic (exact) mass is 629 g/mol. The molecule has 0 saturated carbocycles. The summed E-state index contributed by atoms with van der Waals surface area (Å²) < 4.78 is 71.4. The first kappa shape index (κ1) is 30.1. The zero-order valence-electron chi connectivity index (χ0n) is 22.3. The van der Waals surface area contributed by atoms with Crippen LogP contribution in [0.15, 0.2) is 50.8 Å². The quantitative estimate of drug-likeness (QED) is 0.281. The number of benzene rings is 2. The van der Waals surface area contributed by atoms with Crippen molar-refractivity contribution in [2.75, 3.05) is 39.4 Å². The van der Waals surface area contributed by atoms with Gasteiger partial charge in [0.1, 0.15) is 23.4 Å². The number of nitrogens with one attached hydrogen (secondary N) is 2. The van der Waals surface area contributed by atoms with Crippen LogP contribution in [0, 0.1) is 0 Å². The Balaban J connectivity index is 1.10. The Morgan fingerprint density at radius 3 is 2.68 bits per heavy atom. The molecule has 2 fully saturated rings. The number of piperidine rings is 1. The van der Waals surface area contributed by atoms with Gasteiger partial charge in [-0.05, 0) is 53.8 Å². The van der Waals surface area contributed by atoms with Crippen molar-refractivity contribution in [1.82, 2.24) is 24.7 Å². The Kier molecular flexibility index (Phi) is 8.87. The average molecular weight is 630 g/mol. The van der Waals surface area contributed by atoms with Gasteiger partial charge in [-0.15, -0.1) is 0 Å². The van der Waals surface area contributed by atoms with Crippen molar-refractivity contribution in [2.45, 2.75) is 53.7 Å². The third-order valence-electron chi connectivity index (χ3n) is 7.32. The van der Waals surface area contributed by atoms with Gasteiger partial charge < -0.3 is 19.9 Å². The fraction of sp³-hybridized carbons (Fsp3) is 0.520. The second-order valence-electron chi connectivity index (χ2n) is 10.2. The maximum Gasteiger partial charge on any atom is 0.245 e. The molecule has 0 bridgehead atoms. The number of nitrogens with zero attached hydrogens (tertiary/aromatic N) is 3. The molecule has 224 valence electrons. The number of ether oxygens (including phenoxy) is 2. The largest absolute Gasteiger partial charge is 0.491 e. The lowest BCUT2D eigenvalue weighted by Crippen LogP contribution is -2.47. The third kappa shape index (κ3) is 6.51. The number of aliphatic hydroxyl groups excluding tert-OH is 1. The van der Waals surface area contributed by atoms with E-state index in [4.69, 9.17) is 25.7 Å². The normalized spacial score (nSPS) is 20.5. The van der Waals surface area contributed by atoms with Crippen LogP contribution in [0.3, 0.4) is 0 Å². The van der Waals surface area contributed by atoms with E-state index in [-0.39, 0.29) is 64.7 Å². The molecule has 3 N–H and O–H groups in total. The van der Waals surface area contributed by atoms with Crippen LogP contribution in [0.2, 0.25) is 5.02 Å². The fourth-order valence-electron chi connectivity index (χ4n) is 5.18. The van der Waals surface area contributed by atoms with Crippen LogP contribution in [0.5, 0.6) is 5.75 Å². The topological polar surface area (TPSA) is 173 Å². The first-order chi connectivity index (χ1) is 19.5. The number of hydrogen-bond donors (Lipinski definition) is 3. The first-order valence-electron chi connectivity index (χ1n) is 13.2. The minimum Gasteiger partial charge on any atom is -0.491 e. The van der Waals surface area contributed by atoms with Crippen molar-refractivity contribution < 1.29 is 36.0 Å². The first-order valence-corrected chi connectivity index (χ1v) is 16.5. The zero-order chi connectivity index (χ0) is 29.3. The maximum atomic E-state index is 13.4. The standard InChI is InChI=1S/C25H32ClN5O8S2/c1-2-28-40(33,34)20-5-3-4-19(12-20)37-16-18(32)14-27-17-13-25(38-15-17)8-10-31(11-9-25)41(35,36)22-7-6-21(26)23-24(22)30-39-29-23/h3-7,12,17-18,27-28,32H,2,8-11,13-16H2,1H3/t17?,18-/m0/s1. The lowest BCUT2D eigenvalue weighted by Gasteiger charge is -2.38. The highest BCUT2D eigenvalue weighted by Crippen LogP contribution is 2.38. The molecule has 3 heterocycles. The maximum absolute atomic E-state index is 13.4. The number of sulfonamides is 2. The number of fused-ring (bicyclic) bond motifs is 1. The fourth-order valence-corrected chi connectivity index (χ4v) is 8.00. The van der Waals surface area contributed by atoms with E-state index in [0.29, 0.717) is 31.6 Å². The van der Waals surface area contributed by atoms with Crippen LogP contribution in [-0.2, 0) is 24.8 Å². The van der Waals surface area contributed by atoms with Gasteiger partial charge in [-0.2, -0.15) is 4.31 Å². The molecule has 5 rings (SSSR count). The van der Waals surface area contributed by atoms with Crippen LogP contribution >= 0.6 is 11.6 Å². The van der Waals surface area contributed by atoms with E-state index in [0.717, 1.165) is 0 Å². The van der Waals surface area contributed by atoms with Crippen LogP contribution in [0.25, 0.3) is 11.0 Å². The van der Waals surface area contributed by atoms with E-state index in [9.17, 15) is 21.9 Å². The highest BCUT2D eigenvalue weighted by atomic mass is 35.5. The van der Waals surface area contributed by atoms with E-state index >= 15 is 0 Å². The summed E-state index contributed by atoms with van der Waals surface area (Å²) in [6.45, 7) is 3.19. The van der Waals surface area contributed by atoms with Crippen LogP contribution < -0.4 is 14.8 Å². The van der Waals surface area contributed by atoms with E-state index in [1.807, 2.05) is 0 Å². The van der Waals surface area contributed by atoms with Crippen LogP contribution in [0.4, 0.5) is 0 Å². The average Bonchev–Trinajstić information content (AvgIpc) is 3.60. The predicted molar refractivity (Wildman–Crippen MR) is 149 cm³/mol. The molecule has 0 radical (unpaired) electrons. The van der Waals surface area contributed by atoms with E-state index in [2.05, 4.69) is 20.4 Å². The Morgan fingerprint density at radius 1 is 1.17 bits per heavy atom. The van der Waals surface area contributed by atoms with Crippen LogP contribution in [0.1, 0.15) is 26.2 Å². The van der Waals surface area contributed by atoms with Gasteiger partial charge in [0.2, 0.25) is 20.0 Å². The molecular weight excluding hydrogens is 598 g/mol. The highest BCUT2D eigenvalue weighted by Gasteiger charge is 2.45. The lowest BCUT2D eigenvalue weighted by molar-refractivity contribution is -0.0312. The summed E-state index contributed by atoms with van der Waals surface area (Å²) in [4.78, 5) is 0.0940. The second kappa shape index (κ2) is 12.1. The van der Waals surface area contributed by atoms with E-state index < -0.39 is 31.8 Å². The number of halogens is 1. The molecule has 13 nitrogen and oxygen atoms in total. The van der Waals surface area contributed by atoms with Crippen molar-refractivity contribution in [2.24, 2.45) is 0 Å². The third-order valence-corrected chi connectivity index (χ3v) is 11.1. The van der Waals surface area contributed by atoms with E-state index in [1.165, 1.54) is 28.6 Å². The van der Waals surface area contributed by atoms with Crippen molar-refractivity contribution in [3.05, 3.63) is 41.4 Å². The minimum absolute atomic E-state index is 0.00293. The molecule has 3 aromatic rings. The van der Waals surface area contributed by atoms with Crippen molar-refractivity contribution in [3.63, 3.8) is 0 Å². The molecule has 2 saturated heterocycles. The summed E-state index contributed by atoms with van der Waals surface area (Å²) in [7, 11) is -7.45. The van der Waals surface area contributed by atoms with Gasteiger partial charge in [-0.3, -0.25) is 0 Å². The van der Waals surface area contributed by atoms with Gasteiger partial charge in [0.25, 0.3) is 0 Å². The Bertz CT molecular complexity index is 1590. The summed E-state index contributed by atoms with van der Waals surface area (Å²) in [6, 6.07) is 8.97. The predicted octanol–water partition coefficient (Wildman–Crippen LogP) is 1.52. The Hall–Kier alpha value is -2.37. The summed E-state index contributed by atoms with van der Waals surface area (Å²) in [6.07, 6.45) is 0.887. The molecule has 2 aliphatic rings. The minimum atomic E-state index is -3.84. The Labute approximate surface area is 243 Å². The van der Waals surface area contributed by atoms with Gasteiger partial charge in [-0.25, -0.2) is 26.2 Å². The number of aliphatic hydroxyl groups is 1. The smallest absolute Gasteiger partial charge is 0.245 e. The molecular formula is C25H32ClN5O8S2. The zero-order valence-corrected chi connectivity index (χ0v) is 24.7. The molecule has 1 unspecified atom stereocenters. The SMILES string of the molecule is CCNS(=O)(=O)c1cccc(OC[C@@H](O)CNC2COC3(CCN(S(=O)(=O)c4ccc(Cl)c5nonc45)CC3)C2)c1. The number of aromatic nitrogens is 2.